The van der Waals surface area contributed by atoms with Crippen LogP contribution in [0.2, 0.25) is 0 Å². The molecule has 1 aliphatic rings. The van der Waals surface area contributed by atoms with Crippen LogP contribution in [0.3, 0.4) is 0 Å². The Kier molecular flexibility index (Phi) is 2.40. The van der Waals surface area contributed by atoms with Crippen molar-refractivity contribution in [2.24, 2.45) is 5.92 Å². The van der Waals surface area contributed by atoms with Crippen LogP contribution in [-0.4, -0.2) is 28.2 Å². The van der Waals surface area contributed by atoms with Gasteiger partial charge in [-0.1, -0.05) is 25.5 Å². The van der Waals surface area contributed by atoms with Crippen molar-refractivity contribution < 1.29 is 0 Å². The lowest BCUT2D eigenvalue weighted by atomic mass is 9.96. The first-order chi connectivity index (χ1) is 7.85. The van der Waals surface area contributed by atoms with Crippen molar-refractivity contribution in [3.8, 4) is 0 Å². The van der Waals surface area contributed by atoms with Crippen molar-refractivity contribution >= 4 is 10.9 Å². The summed E-state index contributed by atoms with van der Waals surface area (Å²) >= 11 is 0. The average Bonchev–Trinajstić information content (AvgIpc) is 2.69. The quantitative estimate of drug-likeness (QED) is 0.852. The fraction of sp³-hybridized carbons (Fsp3) is 0.462. The molecule has 0 atom stereocenters. The molecule has 0 saturated carbocycles. The molecule has 84 valence electrons. The van der Waals surface area contributed by atoms with Gasteiger partial charge in [0.25, 0.3) is 0 Å². The van der Waals surface area contributed by atoms with Gasteiger partial charge in [-0.25, -0.2) is 0 Å². The fourth-order valence-electron chi connectivity index (χ4n) is 2.40. The largest absolute Gasteiger partial charge is 0.298 e. The van der Waals surface area contributed by atoms with Gasteiger partial charge >= 0.3 is 0 Å². The van der Waals surface area contributed by atoms with E-state index in [2.05, 4.69) is 40.2 Å². The number of benzene rings is 1. The molecular formula is C13H17N3. The topological polar surface area (TPSA) is 31.9 Å². The number of hydrogen-bond donors (Lipinski definition) is 1. The Bertz CT molecular complexity index is 483. The van der Waals surface area contributed by atoms with Crippen LogP contribution in [0.15, 0.2) is 24.4 Å². The summed E-state index contributed by atoms with van der Waals surface area (Å²) in [6, 6.07) is 6.56. The van der Waals surface area contributed by atoms with E-state index < -0.39 is 0 Å². The summed E-state index contributed by atoms with van der Waals surface area (Å²) in [6.45, 7) is 5.87. The molecule has 2 aromatic rings. The van der Waals surface area contributed by atoms with E-state index in [0.717, 1.165) is 18.0 Å². The summed E-state index contributed by atoms with van der Waals surface area (Å²) in [7, 11) is 0. The molecule has 1 aromatic carbocycles. The predicted molar refractivity (Wildman–Crippen MR) is 65.2 cm³/mol. The Morgan fingerprint density at radius 2 is 2.31 bits per heavy atom. The molecule has 0 unspecified atom stereocenters. The first-order valence-corrected chi connectivity index (χ1v) is 5.99. The molecule has 0 bridgehead atoms. The molecule has 1 aromatic heterocycles. The van der Waals surface area contributed by atoms with Gasteiger partial charge in [-0.15, -0.1) is 0 Å². The lowest BCUT2D eigenvalue weighted by Gasteiger charge is -2.38. The summed E-state index contributed by atoms with van der Waals surface area (Å²) < 4.78 is 0. The van der Waals surface area contributed by atoms with E-state index in [1.165, 1.54) is 30.5 Å². The molecule has 3 nitrogen and oxygen atoms in total. The number of rotatable bonds is 3. The van der Waals surface area contributed by atoms with Gasteiger partial charge in [0.15, 0.2) is 0 Å². The van der Waals surface area contributed by atoms with Crippen LogP contribution >= 0.6 is 0 Å². The van der Waals surface area contributed by atoms with Crippen molar-refractivity contribution in [2.45, 2.75) is 19.9 Å². The predicted octanol–water partition coefficient (Wildman–Crippen LogP) is 2.40. The first-order valence-electron chi connectivity index (χ1n) is 5.99. The first kappa shape index (κ1) is 9.85. The number of hydrogen-bond acceptors (Lipinski definition) is 2. The van der Waals surface area contributed by atoms with E-state index in [4.69, 9.17) is 0 Å². The standard InChI is InChI=1S/C13H17N3/c1-2-10-7-16(8-10)9-11-3-4-12-6-14-15-13(12)5-11/h3-6,10H,2,7-9H2,1H3,(H,14,15). The monoisotopic (exact) mass is 215 g/mol. The maximum Gasteiger partial charge on any atom is 0.0653 e. The fourth-order valence-corrected chi connectivity index (χ4v) is 2.40. The Morgan fingerprint density at radius 3 is 3.12 bits per heavy atom. The third-order valence-electron chi connectivity index (χ3n) is 3.52. The van der Waals surface area contributed by atoms with Crippen molar-refractivity contribution in [1.82, 2.24) is 15.1 Å². The molecule has 16 heavy (non-hydrogen) atoms. The highest BCUT2D eigenvalue weighted by atomic mass is 15.2. The van der Waals surface area contributed by atoms with Crippen LogP contribution < -0.4 is 0 Å². The minimum absolute atomic E-state index is 0.927. The zero-order valence-electron chi connectivity index (χ0n) is 9.61. The zero-order chi connectivity index (χ0) is 11.0. The molecular weight excluding hydrogens is 198 g/mol. The summed E-state index contributed by atoms with van der Waals surface area (Å²) in [5, 5.41) is 8.26. The van der Waals surface area contributed by atoms with Crippen molar-refractivity contribution in [1.29, 1.82) is 0 Å². The summed E-state index contributed by atoms with van der Waals surface area (Å²) in [6.07, 6.45) is 3.19. The van der Waals surface area contributed by atoms with E-state index >= 15 is 0 Å². The number of H-pyrrole nitrogens is 1. The van der Waals surface area contributed by atoms with E-state index in [1.807, 2.05) is 6.20 Å². The van der Waals surface area contributed by atoms with Gasteiger partial charge in [0, 0.05) is 25.0 Å². The highest BCUT2D eigenvalue weighted by Crippen LogP contribution is 2.22. The molecule has 1 saturated heterocycles. The molecule has 3 rings (SSSR count). The van der Waals surface area contributed by atoms with Gasteiger partial charge < -0.3 is 0 Å². The maximum atomic E-state index is 4.04. The molecule has 0 radical (unpaired) electrons. The zero-order valence-corrected chi connectivity index (χ0v) is 9.61. The number of nitrogens with zero attached hydrogens (tertiary/aromatic N) is 2. The minimum Gasteiger partial charge on any atom is -0.298 e. The van der Waals surface area contributed by atoms with Crippen molar-refractivity contribution in [3.63, 3.8) is 0 Å². The Labute approximate surface area is 95.5 Å². The number of aromatic amines is 1. The van der Waals surface area contributed by atoms with Crippen LogP contribution in [0.25, 0.3) is 10.9 Å². The van der Waals surface area contributed by atoms with Gasteiger partial charge in [-0.2, -0.15) is 5.10 Å². The number of likely N-dealkylation sites (tertiary alicyclic amines) is 1. The lowest BCUT2D eigenvalue weighted by molar-refractivity contribution is 0.0899. The second-order valence-corrected chi connectivity index (χ2v) is 4.76. The lowest BCUT2D eigenvalue weighted by Crippen LogP contribution is -2.45. The van der Waals surface area contributed by atoms with E-state index in [-0.39, 0.29) is 0 Å². The molecule has 1 aliphatic heterocycles. The van der Waals surface area contributed by atoms with Gasteiger partial charge in [0.05, 0.1) is 11.7 Å². The average molecular weight is 215 g/mol. The van der Waals surface area contributed by atoms with Gasteiger partial charge in [-0.05, 0) is 17.5 Å². The van der Waals surface area contributed by atoms with Crippen molar-refractivity contribution in [2.75, 3.05) is 13.1 Å². The Hall–Kier alpha value is -1.35. The molecule has 0 amide bonds. The summed E-state index contributed by atoms with van der Waals surface area (Å²) in [5.41, 5.74) is 2.52. The van der Waals surface area contributed by atoms with Crippen LogP contribution in [0.1, 0.15) is 18.9 Å². The second-order valence-electron chi connectivity index (χ2n) is 4.76. The third kappa shape index (κ3) is 1.71. The summed E-state index contributed by atoms with van der Waals surface area (Å²) in [4.78, 5) is 2.51. The highest BCUT2D eigenvalue weighted by Gasteiger charge is 2.24. The Morgan fingerprint density at radius 1 is 1.44 bits per heavy atom. The Balaban J connectivity index is 1.70. The van der Waals surface area contributed by atoms with Crippen LogP contribution in [0.5, 0.6) is 0 Å². The van der Waals surface area contributed by atoms with Crippen LogP contribution in [0.4, 0.5) is 0 Å². The third-order valence-corrected chi connectivity index (χ3v) is 3.52. The minimum atomic E-state index is 0.927. The SMILES string of the molecule is CCC1CN(Cc2ccc3cn[nH]c3c2)C1. The maximum absolute atomic E-state index is 4.04. The van der Waals surface area contributed by atoms with E-state index in [1.54, 1.807) is 0 Å². The van der Waals surface area contributed by atoms with Gasteiger partial charge in [-0.3, -0.25) is 10.00 Å². The molecule has 1 fully saturated rings. The highest BCUT2D eigenvalue weighted by molar-refractivity contribution is 5.78. The second kappa shape index (κ2) is 3.91. The van der Waals surface area contributed by atoms with Gasteiger partial charge in [0.1, 0.15) is 0 Å². The molecule has 1 N–H and O–H groups in total. The van der Waals surface area contributed by atoms with Crippen LogP contribution in [0, 0.1) is 5.92 Å². The molecule has 0 aliphatic carbocycles. The van der Waals surface area contributed by atoms with Gasteiger partial charge in [0.2, 0.25) is 0 Å². The van der Waals surface area contributed by atoms with Crippen LogP contribution in [-0.2, 0) is 6.54 Å². The van der Waals surface area contributed by atoms with Crippen molar-refractivity contribution in [3.05, 3.63) is 30.0 Å². The smallest absolute Gasteiger partial charge is 0.0653 e. The molecule has 0 spiro atoms. The van der Waals surface area contributed by atoms with E-state index in [0.29, 0.717) is 0 Å². The molecule has 2 heterocycles. The number of nitrogens with one attached hydrogen (secondary N) is 1. The number of aromatic nitrogens is 2. The normalized spacial score (nSPS) is 17.8. The summed E-state index contributed by atoms with van der Waals surface area (Å²) in [5.74, 6) is 0.927. The molecule has 3 heteroatoms. The van der Waals surface area contributed by atoms with E-state index in [9.17, 15) is 0 Å². The number of fused-ring (bicyclic) bond motifs is 1.